The van der Waals surface area contributed by atoms with Crippen molar-refractivity contribution in [3.8, 4) is 5.75 Å². The highest BCUT2D eigenvalue weighted by atomic mass is 32.1. The number of methoxy groups -OCH3 is 1. The van der Waals surface area contributed by atoms with E-state index in [4.69, 9.17) is 17.0 Å². The third kappa shape index (κ3) is 7.23. The second kappa shape index (κ2) is 10.8. The Labute approximate surface area is 174 Å². The Balaban J connectivity index is 1.78. The first-order valence-electron chi connectivity index (χ1n) is 8.84. The van der Waals surface area contributed by atoms with Gasteiger partial charge >= 0.3 is 0 Å². The van der Waals surface area contributed by atoms with Crippen LogP contribution in [-0.2, 0) is 16.0 Å². The van der Waals surface area contributed by atoms with Crippen molar-refractivity contribution in [1.29, 1.82) is 0 Å². The van der Waals surface area contributed by atoms with Gasteiger partial charge in [-0.25, -0.2) is 0 Å². The molecule has 0 saturated heterocycles. The first kappa shape index (κ1) is 21.8. The van der Waals surface area contributed by atoms with E-state index in [1.165, 1.54) is 0 Å². The second-order valence-electron chi connectivity index (χ2n) is 5.96. The zero-order valence-corrected chi connectivity index (χ0v) is 16.9. The minimum atomic E-state index is -0.440. The lowest BCUT2D eigenvalue weighted by atomic mass is 10.1. The van der Waals surface area contributed by atoms with Gasteiger partial charge in [0.05, 0.1) is 13.5 Å². The zero-order chi connectivity index (χ0) is 21.2. The van der Waals surface area contributed by atoms with E-state index in [0.717, 1.165) is 5.56 Å². The average molecular weight is 414 g/mol. The van der Waals surface area contributed by atoms with E-state index in [0.29, 0.717) is 23.4 Å². The summed E-state index contributed by atoms with van der Waals surface area (Å²) in [5.74, 6) is -0.169. The van der Waals surface area contributed by atoms with Crippen LogP contribution in [-0.4, -0.2) is 29.9 Å². The van der Waals surface area contributed by atoms with E-state index in [-0.39, 0.29) is 23.3 Å². The number of benzene rings is 2. The normalized spacial score (nSPS) is 9.86. The molecule has 0 radical (unpaired) electrons. The van der Waals surface area contributed by atoms with Crippen molar-refractivity contribution in [3.63, 3.8) is 0 Å². The van der Waals surface area contributed by atoms with Crippen LogP contribution < -0.4 is 26.2 Å². The van der Waals surface area contributed by atoms with Crippen LogP contribution in [0.3, 0.4) is 0 Å². The van der Waals surface area contributed by atoms with Crippen LogP contribution in [0, 0.1) is 0 Å². The van der Waals surface area contributed by atoms with Crippen molar-refractivity contribution >= 4 is 40.7 Å². The maximum absolute atomic E-state index is 12.1. The molecular formula is C20H22N4O4S. The number of carbonyl (C=O) groups is 3. The maximum Gasteiger partial charge on any atom is 0.269 e. The molecule has 2 rings (SSSR count). The molecule has 9 heteroatoms. The van der Waals surface area contributed by atoms with Gasteiger partial charge in [-0.3, -0.25) is 25.2 Å². The smallest absolute Gasteiger partial charge is 0.269 e. The van der Waals surface area contributed by atoms with Crippen molar-refractivity contribution in [2.24, 2.45) is 0 Å². The SMILES string of the molecule is CCC(=O)Nc1ccc(C(=O)NNC(=S)NC(=O)Cc2ccc(OC)cc2)cc1. The summed E-state index contributed by atoms with van der Waals surface area (Å²) in [7, 11) is 1.57. The summed E-state index contributed by atoms with van der Waals surface area (Å²) in [6, 6.07) is 13.5. The van der Waals surface area contributed by atoms with Crippen LogP contribution >= 0.6 is 12.2 Å². The van der Waals surface area contributed by atoms with Crippen molar-refractivity contribution in [1.82, 2.24) is 16.2 Å². The topological polar surface area (TPSA) is 109 Å². The third-order valence-electron chi connectivity index (χ3n) is 3.82. The molecule has 4 N–H and O–H groups in total. The summed E-state index contributed by atoms with van der Waals surface area (Å²) in [6.07, 6.45) is 0.499. The predicted octanol–water partition coefficient (Wildman–Crippen LogP) is 1.92. The summed E-state index contributed by atoms with van der Waals surface area (Å²) >= 11 is 5.01. The van der Waals surface area contributed by atoms with Gasteiger partial charge in [-0.05, 0) is 54.2 Å². The second-order valence-corrected chi connectivity index (χ2v) is 6.37. The van der Waals surface area contributed by atoms with Gasteiger partial charge in [0.2, 0.25) is 11.8 Å². The molecular weight excluding hydrogens is 392 g/mol. The van der Waals surface area contributed by atoms with Crippen LogP contribution in [0.4, 0.5) is 5.69 Å². The van der Waals surface area contributed by atoms with Crippen LogP contribution in [0.2, 0.25) is 0 Å². The van der Waals surface area contributed by atoms with Crippen LogP contribution in [0.15, 0.2) is 48.5 Å². The summed E-state index contributed by atoms with van der Waals surface area (Å²) in [6.45, 7) is 1.75. The zero-order valence-electron chi connectivity index (χ0n) is 16.1. The number of hydrazine groups is 1. The largest absolute Gasteiger partial charge is 0.497 e. The lowest BCUT2D eigenvalue weighted by Crippen LogP contribution is -2.48. The van der Waals surface area contributed by atoms with Gasteiger partial charge in [0.15, 0.2) is 5.11 Å². The molecule has 29 heavy (non-hydrogen) atoms. The van der Waals surface area contributed by atoms with Gasteiger partial charge in [-0.1, -0.05) is 19.1 Å². The molecule has 2 aromatic carbocycles. The fraction of sp³-hybridized carbons (Fsp3) is 0.200. The minimum absolute atomic E-state index is 0.0244. The molecule has 0 aromatic heterocycles. The van der Waals surface area contributed by atoms with Crippen LogP contribution in [0.5, 0.6) is 5.75 Å². The van der Waals surface area contributed by atoms with Crippen molar-refractivity contribution in [2.75, 3.05) is 12.4 Å². The number of anilines is 1. The van der Waals surface area contributed by atoms with E-state index in [9.17, 15) is 14.4 Å². The molecule has 0 saturated carbocycles. The van der Waals surface area contributed by atoms with E-state index >= 15 is 0 Å². The summed E-state index contributed by atoms with van der Waals surface area (Å²) in [5, 5.41) is 5.16. The van der Waals surface area contributed by atoms with Gasteiger partial charge in [-0.2, -0.15) is 0 Å². The van der Waals surface area contributed by atoms with Crippen molar-refractivity contribution in [3.05, 3.63) is 59.7 Å². The fourth-order valence-corrected chi connectivity index (χ4v) is 2.44. The molecule has 0 aliphatic carbocycles. The van der Waals surface area contributed by atoms with Crippen molar-refractivity contribution < 1.29 is 19.1 Å². The Morgan fingerprint density at radius 2 is 1.59 bits per heavy atom. The van der Waals surface area contributed by atoms with E-state index < -0.39 is 5.91 Å². The van der Waals surface area contributed by atoms with Gasteiger partial charge in [0, 0.05) is 17.7 Å². The lowest BCUT2D eigenvalue weighted by Gasteiger charge is -2.11. The predicted molar refractivity (Wildman–Crippen MR) is 113 cm³/mol. The highest BCUT2D eigenvalue weighted by Crippen LogP contribution is 2.11. The lowest BCUT2D eigenvalue weighted by molar-refractivity contribution is -0.119. The molecule has 0 aliphatic heterocycles. The highest BCUT2D eigenvalue weighted by Gasteiger charge is 2.09. The highest BCUT2D eigenvalue weighted by molar-refractivity contribution is 7.80. The molecule has 8 nitrogen and oxygen atoms in total. The molecule has 0 atom stereocenters. The summed E-state index contributed by atoms with van der Waals surface area (Å²) in [5.41, 5.74) is 6.64. The first-order valence-corrected chi connectivity index (χ1v) is 9.25. The summed E-state index contributed by atoms with van der Waals surface area (Å²) in [4.78, 5) is 35.5. The molecule has 0 bridgehead atoms. The van der Waals surface area contributed by atoms with Gasteiger partial charge in [-0.15, -0.1) is 0 Å². The molecule has 0 aliphatic rings. The molecule has 0 spiro atoms. The minimum Gasteiger partial charge on any atom is -0.497 e. The fourth-order valence-electron chi connectivity index (χ4n) is 2.27. The van der Waals surface area contributed by atoms with Crippen molar-refractivity contribution in [2.45, 2.75) is 19.8 Å². The summed E-state index contributed by atoms with van der Waals surface area (Å²) < 4.78 is 5.07. The Kier molecular flexibility index (Phi) is 8.11. The Bertz CT molecular complexity index is 882. The number of amides is 3. The molecule has 152 valence electrons. The van der Waals surface area contributed by atoms with Crippen LogP contribution in [0.25, 0.3) is 0 Å². The quantitative estimate of drug-likeness (QED) is 0.425. The van der Waals surface area contributed by atoms with Crippen LogP contribution in [0.1, 0.15) is 29.3 Å². The standard InChI is InChI=1S/C20H22N4O4S/c1-3-17(25)21-15-8-6-14(7-9-15)19(27)23-24-20(29)22-18(26)12-13-4-10-16(28-2)11-5-13/h4-11H,3,12H2,1-2H3,(H,21,25)(H,23,27)(H2,22,24,26,29). The number of ether oxygens (including phenoxy) is 1. The monoisotopic (exact) mass is 414 g/mol. The third-order valence-corrected chi connectivity index (χ3v) is 4.02. The Hall–Kier alpha value is -3.46. The molecule has 0 fully saturated rings. The van der Waals surface area contributed by atoms with Gasteiger partial charge in [0.25, 0.3) is 5.91 Å². The number of carbonyl (C=O) groups excluding carboxylic acids is 3. The molecule has 0 heterocycles. The van der Waals surface area contributed by atoms with E-state index in [2.05, 4.69) is 21.5 Å². The molecule has 2 aromatic rings. The number of hydrogen-bond acceptors (Lipinski definition) is 5. The number of thiocarbonyl (C=S) groups is 1. The van der Waals surface area contributed by atoms with Gasteiger partial charge < -0.3 is 15.4 Å². The maximum atomic E-state index is 12.1. The van der Waals surface area contributed by atoms with E-state index in [1.807, 2.05) is 0 Å². The molecule has 0 unspecified atom stereocenters. The average Bonchev–Trinajstić information content (AvgIpc) is 2.72. The molecule has 3 amide bonds. The number of hydrogen-bond donors (Lipinski definition) is 4. The van der Waals surface area contributed by atoms with E-state index in [1.54, 1.807) is 62.6 Å². The Morgan fingerprint density at radius 1 is 0.931 bits per heavy atom. The number of nitrogens with one attached hydrogen (secondary N) is 4. The Morgan fingerprint density at radius 3 is 2.17 bits per heavy atom. The number of rotatable bonds is 6. The first-order chi connectivity index (χ1) is 13.9. The van der Waals surface area contributed by atoms with Gasteiger partial charge in [0.1, 0.15) is 5.75 Å².